The second-order valence-electron chi connectivity index (χ2n) is 4.89. The second kappa shape index (κ2) is 6.25. The molecular weight excluding hydrogens is 332 g/mol. The minimum Gasteiger partial charge on any atom is -0.463 e. The molecule has 3 aromatic rings. The van der Waals surface area contributed by atoms with Crippen molar-refractivity contribution in [2.45, 2.75) is 13.5 Å². The van der Waals surface area contributed by atoms with E-state index in [-0.39, 0.29) is 11.7 Å². The molecule has 0 aliphatic rings. The molecule has 0 aliphatic carbocycles. The standard InChI is InChI=1S/C15H13ClN6O2/c1-2-22-7-18-13-11(22)10(8-4-3-5-9(16)6-8)19-14(21-13)12(17)20-15(23)24/h3-7H,2H2,1H3,(H2,17,20)(H,23,24). The zero-order valence-corrected chi connectivity index (χ0v) is 13.4. The van der Waals surface area contributed by atoms with Crippen LogP contribution in [-0.2, 0) is 6.54 Å². The number of aromatic nitrogens is 4. The van der Waals surface area contributed by atoms with Crippen molar-refractivity contribution in [3.8, 4) is 11.3 Å². The fourth-order valence-electron chi connectivity index (χ4n) is 2.32. The number of aryl methyl sites for hydroxylation is 1. The van der Waals surface area contributed by atoms with E-state index in [0.717, 1.165) is 5.56 Å². The lowest BCUT2D eigenvalue weighted by atomic mass is 10.1. The Hall–Kier alpha value is -3.00. The minimum absolute atomic E-state index is 0.00114. The number of rotatable bonds is 3. The van der Waals surface area contributed by atoms with Gasteiger partial charge in [-0.2, -0.15) is 4.99 Å². The molecule has 122 valence electrons. The molecular formula is C15H13ClN6O2. The molecule has 0 bridgehead atoms. The quantitative estimate of drug-likeness (QED) is 0.556. The molecule has 0 atom stereocenters. The van der Waals surface area contributed by atoms with Crippen LogP contribution in [0.4, 0.5) is 4.79 Å². The molecule has 3 rings (SSSR count). The summed E-state index contributed by atoms with van der Waals surface area (Å²) in [5.41, 5.74) is 8.11. The average molecular weight is 345 g/mol. The van der Waals surface area contributed by atoms with Gasteiger partial charge in [0, 0.05) is 17.1 Å². The van der Waals surface area contributed by atoms with Gasteiger partial charge < -0.3 is 15.4 Å². The Bertz CT molecular complexity index is 966. The van der Waals surface area contributed by atoms with Crippen molar-refractivity contribution in [1.82, 2.24) is 19.5 Å². The number of hydrogen-bond donors (Lipinski definition) is 2. The predicted molar refractivity (Wildman–Crippen MR) is 90.2 cm³/mol. The first-order valence-electron chi connectivity index (χ1n) is 7.06. The fourth-order valence-corrected chi connectivity index (χ4v) is 2.51. The molecule has 9 heteroatoms. The second-order valence-corrected chi connectivity index (χ2v) is 5.33. The zero-order chi connectivity index (χ0) is 17.3. The van der Waals surface area contributed by atoms with Crippen molar-refractivity contribution >= 4 is 34.7 Å². The van der Waals surface area contributed by atoms with Crippen molar-refractivity contribution < 1.29 is 9.90 Å². The molecule has 3 N–H and O–H groups in total. The summed E-state index contributed by atoms with van der Waals surface area (Å²) >= 11 is 6.07. The van der Waals surface area contributed by atoms with Gasteiger partial charge >= 0.3 is 6.09 Å². The Morgan fingerprint density at radius 3 is 2.88 bits per heavy atom. The van der Waals surface area contributed by atoms with E-state index in [2.05, 4.69) is 19.9 Å². The summed E-state index contributed by atoms with van der Waals surface area (Å²) in [5.74, 6) is -0.292. The number of fused-ring (bicyclic) bond motifs is 1. The first kappa shape index (κ1) is 15.9. The largest absolute Gasteiger partial charge is 0.463 e. The Morgan fingerprint density at radius 1 is 1.42 bits per heavy atom. The van der Waals surface area contributed by atoms with Crippen LogP contribution in [0.5, 0.6) is 0 Å². The number of nitrogens with two attached hydrogens (primary N) is 1. The molecule has 2 heterocycles. The van der Waals surface area contributed by atoms with E-state index in [1.165, 1.54) is 0 Å². The smallest absolute Gasteiger partial charge is 0.433 e. The van der Waals surface area contributed by atoms with Crippen LogP contribution in [0.25, 0.3) is 22.4 Å². The van der Waals surface area contributed by atoms with Crippen LogP contribution >= 0.6 is 11.6 Å². The van der Waals surface area contributed by atoms with E-state index >= 15 is 0 Å². The SMILES string of the molecule is CCn1cnc2nc(C(N)=NC(=O)O)nc(-c3cccc(Cl)c3)c21. The van der Waals surface area contributed by atoms with Gasteiger partial charge in [0.15, 0.2) is 17.3 Å². The van der Waals surface area contributed by atoms with Crippen LogP contribution in [0.2, 0.25) is 5.02 Å². The van der Waals surface area contributed by atoms with Gasteiger partial charge in [-0.3, -0.25) is 0 Å². The molecule has 0 fully saturated rings. The van der Waals surface area contributed by atoms with Crippen molar-refractivity contribution in [2.75, 3.05) is 0 Å². The van der Waals surface area contributed by atoms with E-state index in [4.69, 9.17) is 22.4 Å². The van der Waals surface area contributed by atoms with Gasteiger partial charge in [0.2, 0.25) is 0 Å². The van der Waals surface area contributed by atoms with E-state index in [1.807, 2.05) is 17.6 Å². The third kappa shape index (κ3) is 2.91. The molecule has 0 aliphatic heterocycles. The van der Waals surface area contributed by atoms with Gasteiger partial charge in [0.05, 0.1) is 6.33 Å². The van der Waals surface area contributed by atoms with E-state index in [0.29, 0.717) is 28.4 Å². The van der Waals surface area contributed by atoms with Crippen LogP contribution in [0.15, 0.2) is 35.6 Å². The Balaban J connectivity index is 2.31. The van der Waals surface area contributed by atoms with Crippen molar-refractivity contribution in [2.24, 2.45) is 10.7 Å². The van der Waals surface area contributed by atoms with Crippen LogP contribution < -0.4 is 5.73 Å². The van der Waals surface area contributed by atoms with E-state index in [9.17, 15) is 4.79 Å². The number of aliphatic imine (C=N–C) groups is 1. The van der Waals surface area contributed by atoms with Crippen molar-refractivity contribution in [1.29, 1.82) is 0 Å². The van der Waals surface area contributed by atoms with Gasteiger partial charge in [-0.15, -0.1) is 0 Å². The summed E-state index contributed by atoms with van der Waals surface area (Å²) < 4.78 is 1.89. The van der Waals surface area contributed by atoms with Crippen LogP contribution in [0.1, 0.15) is 12.7 Å². The number of carboxylic acid groups (broad SMARTS) is 1. The summed E-state index contributed by atoms with van der Waals surface area (Å²) in [6, 6.07) is 7.15. The van der Waals surface area contributed by atoms with Crippen LogP contribution in [-0.4, -0.2) is 36.6 Å². The highest BCUT2D eigenvalue weighted by Crippen LogP contribution is 2.27. The number of imidazole rings is 1. The predicted octanol–water partition coefficient (Wildman–Crippen LogP) is 2.55. The number of nitrogens with zero attached hydrogens (tertiary/aromatic N) is 5. The maximum atomic E-state index is 10.7. The van der Waals surface area contributed by atoms with Gasteiger partial charge in [-0.1, -0.05) is 23.7 Å². The highest BCUT2D eigenvalue weighted by atomic mass is 35.5. The van der Waals surface area contributed by atoms with Crippen LogP contribution in [0.3, 0.4) is 0 Å². The number of benzene rings is 1. The van der Waals surface area contributed by atoms with Gasteiger partial charge in [0.1, 0.15) is 11.2 Å². The molecule has 0 radical (unpaired) electrons. The first-order chi connectivity index (χ1) is 11.5. The molecule has 8 nitrogen and oxygen atoms in total. The Morgan fingerprint density at radius 2 is 2.21 bits per heavy atom. The van der Waals surface area contributed by atoms with Gasteiger partial charge in [0.25, 0.3) is 0 Å². The minimum atomic E-state index is -1.42. The summed E-state index contributed by atoms with van der Waals surface area (Å²) in [4.78, 5) is 26.8. The molecule has 0 spiro atoms. The monoisotopic (exact) mass is 344 g/mol. The molecule has 2 aromatic heterocycles. The lowest BCUT2D eigenvalue weighted by Gasteiger charge is -2.08. The fraction of sp³-hybridized carbons (Fsp3) is 0.133. The Kier molecular flexibility index (Phi) is 4.13. The lowest BCUT2D eigenvalue weighted by Crippen LogP contribution is -2.19. The molecule has 0 saturated heterocycles. The molecule has 24 heavy (non-hydrogen) atoms. The van der Waals surface area contributed by atoms with E-state index < -0.39 is 6.09 Å². The highest BCUT2D eigenvalue weighted by Gasteiger charge is 2.17. The number of halogens is 1. The lowest BCUT2D eigenvalue weighted by molar-refractivity contribution is 0.205. The van der Waals surface area contributed by atoms with Crippen LogP contribution in [0, 0.1) is 0 Å². The maximum absolute atomic E-state index is 10.7. The normalized spacial score (nSPS) is 11.8. The Labute approximate surface area is 141 Å². The number of carbonyl (C=O) groups is 1. The van der Waals surface area contributed by atoms with Gasteiger partial charge in [-0.05, 0) is 19.1 Å². The highest BCUT2D eigenvalue weighted by molar-refractivity contribution is 6.30. The summed E-state index contributed by atoms with van der Waals surface area (Å²) in [6.07, 6.45) is 0.224. The number of amides is 1. The maximum Gasteiger partial charge on any atom is 0.433 e. The molecule has 1 aromatic carbocycles. The topological polar surface area (TPSA) is 119 Å². The van der Waals surface area contributed by atoms with E-state index in [1.54, 1.807) is 24.5 Å². The number of hydrogen-bond acceptors (Lipinski definition) is 4. The summed E-state index contributed by atoms with van der Waals surface area (Å²) in [7, 11) is 0. The summed E-state index contributed by atoms with van der Waals surface area (Å²) in [5, 5.41) is 9.31. The third-order valence-corrected chi connectivity index (χ3v) is 3.59. The van der Waals surface area contributed by atoms with Crippen molar-refractivity contribution in [3.63, 3.8) is 0 Å². The van der Waals surface area contributed by atoms with Gasteiger partial charge in [-0.25, -0.2) is 19.7 Å². The summed E-state index contributed by atoms with van der Waals surface area (Å²) in [6.45, 7) is 2.64. The molecule has 0 saturated carbocycles. The average Bonchev–Trinajstić information content (AvgIpc) is 2.96. The first-order valence-corrected chi connectivity index (χ1v) is 7.43. The molecule has 0 unspecified atom stereocenters. The zero-order valence-electron chi connectivity index (χ0n) is 12.6. The van der Waals surface area contributed by atoms with Crippen molar-refractivity contribution in [3.05, 3.63) is 41.4 Å². The third-order valence-electron chi connectivity index (χ3n) is 3.36. The number of amidine groups is 1. The molecule has 1 amide bonds.